The number of ether oxygens (including phenoxy) is 3. The number of nitrogens with zero attached hydrogens (tertiary/aromatic N) is 2. The molecular weight excluding hydrogens is 495 g/mol. The molecule has 0 radical (unpaired) electrons. The Morgan fingerprint density at radius 2 is 1.87 bits per heavy atom. The predicted molar refractivity (Wildman–Crippen MR) is 132 cm³/mol. The zero-order chi connectivity index (χ0) is 21.2. The molecule has 0 aliphatic heterocycles. The number of rotatable bonds is 9. The van der Waals surface area contributed by atoms with Crippen LogP contribution < -0.4 is 24.8 Å². The summed E-state index contributed by atoms with van der Waals surface area (Å²) >= 11 is 0. The van der Waals surface area contributed by atoms with Gasteiger partial charge in [-0.1, -0.05) is 6.07 Å². The Labute approximate surface area is 196 Å². The van der Waals surface area contributed by atoms with Gasteiger partial charge in [0, 0.05) is 29.9 Å². The second-order valence-electron chi connectivity index (χ2n) is 6.73. The average Bonchev–Trinajstić information content (AvgIpc) is 2.71. The van der Waals surface area contributed by atoms with Gasteiger partial charge < -0.3 is 24.8 Å². The van der Waals surface area contributed by atoms with Crippen molar-refractivity contribution in [3.05, 3.63) is 47.3 Å². The minimum absolute atomic E-state index is 0. The molecule has 1 atom stereocenters. The highest BCUT2D eigenvalue weighted by Crippen LogP contribution is 2.24. The van der Waals surface area contributed by atoms with E-state index in [1.165, 1.54) is 0 Å². The van der Waals surface area contributed by atoms with Crippen molar-refractivity contribution in [3.63, 3.8) is 0 Å². The zero-order valence-corrected chi connectivity index (χ0v) is 20.9. The van der Waals surface area contributed by atoms with Crippen molar-refractivity contribution in [1.29, 1.82) is 0 Å². The van der Waals surface area contributed by atoms with E-state index in [4.69, 9.17) is 14.2 Å². The van der Waals surface area contributed by atoms with Gasteiger partial charge in [0.1, 0.15) is 23.4 Å². The molecule has 2 N–H and O–H groups in total. The van der Waals surface area contributed by atoms with E-state index in [0.717, 1.165) is 40.6 Å². The van der Waals surface area contributed by atoms with Crippen molar-refractivity contribution >= 4 is 29.9 Å². The van der Waals surface area contributed by atoms with Crippen molar-refractivity contribution < 1.29 is 14.2 Å². The van der Waals surface area contributed by atoms with Gasteiger partial charge in [-0.2, -0.15) is 0 Å². The molecule has 0 aliphatic carbocycles. The quantitative estimate of drug-likeness (QED) is 0.293. The molecule has 0 aliphatic rings. The van der Waals surface area contributed by atoms with Gasteiger partial charge in [-0.05, 0) is 39.8 Å². The summed E-state index contributed by atoms with van der Waals surface area (Å²) in [5.41, 5.74) is 2.93. The summed E-state index contributed by atoms with van der Waals surface area (Å²) in [5, 5.41) is 6.58. The maximum atomic E-state index is 5.96. The molecule has 2 aromatic rings. The summed E-state index contributed by atoms with van der Waals surface area (Å²) in [4.78, 5) is 9.16. The van der Waals surface area contributed by atoms with Crippen LogP contribution in [0.4, 0.5) is 0 Å². The van der Waals surface area contributed by atoms with Gasteiger partial charge >= 0.3 is 0 Å². The normalized spacial score (nSPS) is 11.9. The van der Waals surface area contributed by atoms with E-state index in [1.807, 2.05) is 58.2 Å². The molecule has 7 nitrogen and oxygen atoms in total. The molecule has 30 heavy (non-hydrogen) atoms. The molecule has 8 heteroatoms. The van der Waals surface area contributed by atoms with Crippen LogP contribution in [0.3, 0.4) is 0 Å². The Morgan fingerprint density at radius 1 is 1.13 bits per heavy atom. The third-order valence-electron chi connectivity index (χ3n) is 4.42. The molecule has 2 rings (SSSR count). The van der Waals surface area contributed by atoms with E-state index in [1.54, 1.807) is 14.2 Å². The van der Waals surface area contributed by atoms with Crippen LogP contribution in [0.2, 0.25) is 0 Å². The van der Waals surface area contributed by atoms with Gasteiger partial charge in [0.2, 0.25) is 0 Å². The van der Waals surface area contributed by atoms with Crippen LogP contribution in [0, 0.1) is 13.8 Å². The highest BCUT2D eigenvalue weighted by molar-refractivity contribution is 14.0. The minimum atomic E-state index is -0.0507. The van der Waals surface area contributed by atoms with Crippen LogP contribution >= 0.6 is 24.0 Å². The van der Waals surface area contributed by atoms with E-state index in [0.29, 0.717) is 19.0 Å². The second-order valence-corrected chi connectivity index (χ2v) is 6.73. The number of benzene rings is 1. The van der Waals surface area contributed by atoms with Gasteiger partial charge in [-0.25, -0.2) is 4.99 Å². The molecule has 0 bridgehead atoms. The van der Waals surface area contributed by atoms with Gasteiger partial charge in [-0.3, -0.25) is 4.98 Å². The molecule has 1 heterocycles. The average molecular weight is 528 g/mol. The Hall–Kier alpha value is -2.23. The van der Waals surface area contributed by atoms with Gasteiger partial charge in [0.05, 0.1) is 33.0 Å². The highest BCUT2D eigenvalue weighted by atomic mass is 127. The second kappa shape index (κ2) is 13.1. The Morgan fingerprint density at radius 3 is 2.53 bits per heavy atom. The Balaban J connectivity index is 0.00000450. The molecular formula is C22H33IN4O3. The van der Waals surface area contributed by atoms with Crippen LogP contribution in [0.15, 0.2) is 35.5 Å². The Kier molecular flexibility index (Phi) is 11.3. The number of methoxy groups -OCH3 is 2. The molecule has 1 aromatic heterocycles. The van der Waals surface area contributed by atoms with Crippen molar-refractivity contribution in [1.82, 2.24) is 15.6 Å². The molecule has 166 valence electrons. The van der Waals surface area contributed by atoms with Crippen LogP contribution in [0.5, 0.6) is 17.2 Å². The standard InChI is InChI=1S/C22H32N4O3.HI/c1-7-23-22(26-14-20-17(4)21(28-6)15(2)12-24-20)25-13-16(3)29-19-10-8-9-18(11-19)27-5;/h8-12,16H,7,13-14H2,1-6H3,(H2,23,25,26);1H. The first kappa shape index (κ1) is 25.8. The van der Waals surface area contributed by atoms with Crippen molar-refractivity contribution in [3.8, 4) is 17.2 Å². The number of pyridine rings is 1. The number of nitrogens with one attached hydrogen (secondary N) is 2. The lowest BCUT2D eigenvalue weighted by atomic mass is 10.1. The topological polar surface area (TPSA) is 77.0 Å². The van der Waals surface area contributed by atoms with Crippen molar-refractivity contribution in [2.75, 3.05) is 27.3 Å². The summed E-state index contributed by atoms with van der Waals surface area (Å²) in [7, 11) is 3.32. The van der Waals surface area contributed by atoms with Gasteiger partial charge in [0.25, 0.3) is 0 Å². The third kappa shape index (κ3) is 7.55. The lowest BCUT2D eigenvalue weighted by Crippen LogP contribution is -2.41. The fourth-order valence-corrected chi connectivity index (χ4v) is 2.92. The lowest BCUT2D eigenvalue weighted by Gasteiger charge is -2.18. The van der Waals surface area contributed by atoms with Crippen LogP contribution in [-0.2, 0) is 6.54 Å². The Bertz CT molecular complexity index is 830. The molecule has 0 fully saturated rings. The molecule has 0 amide bonds. The predicted octanol–water partition coefficient (Wildman–Crippen LogP) is 3.86. The molecule has 0 saturated carbocycles. The summed E-state index contributed by atoms with van der Waals surface area (Å²) in [6.07, 6.45) is 1.77. The number of aliphatic imine (C=N–C) groups is 1. The fraction of sp³-hybridized carbons (Fsp3) is 0.455. The number of aryl methyl sites for hydroxylation is 1. The summed E-state index contributed by atoms with van der Waals surface area (Å²) in [6.45, 7) is 9.86. The first-order valence-electron chi connectivity index (χ1n) is 9.80. The van der Waals surface area contributed by atoms with Gasteiger partial charge in [0.15, 0.2) is 5.96 Å². The summed E-state index contributed by atoms with van der Waals surface area (Å²) in [5.74, 6) is 3.12. The SMILES string of the molecule is CCNC(=NCc1ncc(C)c(OC)c1C)NCC(C)Oc1cccc(OC)c1.I. The van der Waals surface area contributed by atoms with Crippen molar-refractivity contribution in [2.45, 2.75) is 40.3 Å². The fourth-order valence-electron chi connectivity index (χ4n) is 2.92. The van der Waals surface area contributed by atoms with Gasteiger partial charge in [-0.15, -0.1) is 24.0 Å². The smallest absolute Gasteiger partial charge is 0.191 e. The molecule has 0 spiro atoms. The lowest BCUT2D eigenvalue weighted by molar-refractivity contribution is 0.223. The van der Waals surface area contributed by atoms with E-state index >= 15 is 0 Å². The maximum absolute atomic E-state index is 5.96. The maximum Gasteiger partial charge on any atom is 0.191 e. The van der Waals surface area contributed by atoms with Crippen LogP contribution in [-0.4, -0.2) is 44.4 Å². The zero-order valence-electron chi connectivity index (χ0n) is 18.6. The van der Waals surface area contributed by atoms with Crippen LogP contribution in [0.1, 0.15) is 30.7 Å². The molecule has 1 unspecified atom stereocenters. The van der Waals surface area contributed by atoms with Crippen LogP contribution in [0.25, 0.3) is 0 Å². The van der Waals surface area contributed by atoms with Crippen molar-refractivity contribution in [2.24, 2.45) is 4.99 Å². The first-order chi connectivity index (χ1) is 14.0. The first-order valence-corrected chi connectivity index (χ1v) is 9.80. The monoisotopic (exact) mass is 528 g/mol. The third-order valence-corrected chi connectivity index (χ3v) is 4.42. The summed E-state index contributed by atoms with van der Waals surface area (Å²) in [6, 6.07) is 7.58. The highest BCUT2D eigenvalue weighted by Gasteiger charge is 2.10. The number of hydrogen-bond acceptors (Lipinski definition) is 5. The molecule has 0 saturated heterocycles. The van der Waals surface area contributed by atoms with E-state index < -0.39 is 0 Å². The largest absolute Gasteiger partial charge is 0.497 e. The van der Waals surface area contributed by atoms with E-state index in [9.17, 15) is 0 Å². The van der Waals surface area contributed by atoms with E-state index in [2.05, 4.69) is 20.6 Å². The number of aromatic nitrogens is 1. The minimum Gasteiger partial charge on any atom is -0.497 e. The number of halogens is 1. The number of hydrogen-bond donors (Lipinski definition) is 2. The number of guanidine groups is 1. The van der Waals surface area contributed by atoms with E-state index in [-0.39, 0.29) is 30.1 Å². The summed E-state index contributed by atoms with van der Waals surface area (Å²) < 4.78 is 16.7. The molecule has 1 aromatic carbocycles.